The largest absolute Gasteiger partial charge is 0.389 e. The van der Waals surface area contributed by atoms with Crippen LogP contribution in [0.25, 0.3) is 0 Å². The lowest BCUT2D eigenvalue weighted by atomic mass is 9.90. The van der Waals surface area contributed by atoms with Gasteiger partial charge in [-0.05, 0) is 37.6 Å². The summed E-state index contributed by atoms with van der Waals surface area (Å²) >= 11 is 0. The molecule has 1 saturated heterocycles. The molecule has 1 heterocycles. The van der Waals surface area contributed by atoms with Crippen molar-refractivity contribution in [3.63, 3.8) is 0 Å². The Morgan fingerprint density at radius 2 is 1.86 bits per heavy atom. The second-order valence-electron chi connectivity index (χ2n) is 6.60. The van der Waals surface area contributed by atoms with Crippen LogP contribution >= 0.6 is 0 Å². The molecule has 122 valence electrons. The van der Waals surface area contributed by atoms with E-state index in [9.17, 15) is 18.0 Å². The molecule has 6 heteroatoms. The van der Waals surface area contributed by atoms with Gasteiger partial charge in [0.05, 0.1) is 0 Å². The van der Waals surface area contributed by atoms with Gasteiger partial charge in [0, 0.05) is 32.5 Å². The van der Waals surface area contributed by atoms with E-state index in [0.29, 0.717) is 18.9 Å². The highest BCUT2D eigenvalue weighted by Gasteiger charge is 2.37. The van der Waals surface area contributed by atoms with E-state index in [1.165, 1.54) is 32.6 Å². The van der Waals surface area contributed by atoms with E-state index in [1.807, 2.05) is 0 Å². The SMILES string of the molecule is CC(=O)N1CC(CC(F)(F)F)CC(NCC2CCCC2)C1. The standard InChI is InChI=1S/C15H25F3N2O/c1-11(21)20-9-13(7-15(16,17)18)6-14(10-20)19-8-12-4-2-3-5-12/h12-14,19H,2-10H2,1H3. The first-order valence-electron chi connectivity index (χ1n) is 7.89. The quantitative estimate of drug-likeness (QED) is 0.866. The summed E-state index contributed by atoms with van der Waals surface area (Å²) in [5, 5.41) is 3.40. The number of amides is 1. The summed E-state index contributed by atoms with van der Waals surface area (Å²) in [7, 11) is 0. The molecule has 1 aliphatic carbocycles. The molecule has 0 bridgehead atoms. The third-order valence-electron chi connectivity index (χ3n) is 4.67. The molecule has 0 radical (unpaired) electrons. The molecule has 1 amide bonds. The number of nitrogens with zero attached hydrogens (tertiary/aromatic N) is 1. The molecule has 2 unspecified atom stereocenters. The Hall–Kier alpha value is -0.780. The van der Waals surface area contributed by atoms with Crippen LogP contribution in [0.5, 0.6) is 0 Å². The van der Waals surface area contributed by atoms with Crippen LogP contribution in [0.3, 0.4) is 0 Å². The molecular weight excluding hydrogens is 281 g/mol. The minimum absolute atomic E-state index is 0.00407. The molecule has 1 N–H and O–H groups in total. The summed E-state index contributed by atoms with van der Waals surface area (Å²) < 4.78 is 37.8. The van der Waals surface area contributed by atoms with Crippen molar-refractivity contribution < 1.29 is 18.0 Å². The van der Waals surface area contributed by atoms with Crippen LogP contribution in [0.4, 0.5) is 13.2 Å². The molecule has 2 aliphatic rings. The lowest BCUT2D eigenvalue weighted by Crippen LogP contribution is -2.52. The van der Waals surface area contributed by atoms with Gasteiger partial charge >= 0.3 is 6.18 Å². The zero-order valence-corrected chi connectivity index (χ0v) is 12.6. The Balaban J connectivity index is 1.87. The Morgan fingerprint density at radius 1 is 1.19 bits per heavy atom. The molecule has 0 spiro atoms. The van der Waals surface area contributed by atoms with E-state index < -0.39 is 18.5 Å². The highest BCUT2D eigenvalue weighted by Crippen LogP contribution is 2.31. The van der Waals surface area contributed by atoms with Crippen molar-refractivity contribution in [2.24, 2.45) is 11.8 Å². The predicted octanol–water partition coefficient (Wildman–Crippen LogP) is 2.96. The molecule has 0 aromatic carbocycles. The highest BCUT2D eigenvalue weighted by molar-refractivity contribution is 5.73. The fourth-order valence-corrected chi connectivity index (χ4v) is 3.63. The van der Waals surface area contributed by atoms with E-state index in [4.69, 9.17) is 0 Å². The smallest absolute Gasteiger partial charge is 0.341 e. The summed E-state index contributed by atoms with van der Waals surface area (Å²) in [4.78, 5) is 13.1. The van der Waals surface area contributed by atoms with Gasteiger partial charge < -0.3 is 10.2 Å². The van der Waals surface area contributed by atoms with Crippen LogP contribution in [0.2, 0.25) is 0 Å². The summed E-state index contributed by atoms with van der Waals surface area (Å²) in [6.45, 7) is 3.08. The number of hydrogen-bond donors (Lipinski definition) is 1. The van der Waals surface area contributed by atoms with Crippen LogP contribution in [-0.4, -0.2) is 42.7 Å². The van der Waals surface area contributed by atoms with Crippen molar-refractivity contribution in [1.29, 1.82) is 0 Å². The number of halogens is 3. The first kappa shape index (κ1) is 16.6. The van der Waals surface area contributed by atoms with E-state index in [2.05, 4.69) is 5.32 Å². The molecule has 2 fully saturated rings. The number of alkyl halides is 3. The lowest BCUT2D eigenvalue weighted by Gasteiger charge is -2.38. The molecular formula is C15H25F3N2O. The lowest BCUT2D eigenvalue weighted by molar-refractivity contribution is -0.152. The second kappa shape index (κ2) is 6.99. The maximum absolute atomic E-state index is 12.6. The first-order valence-corrected chi connectivity index (χ1v) is 7.89. The van der Waals surface area contributed by atoms with Gasteiger partial charge in [-0.15, -0.1) is 0 Å². The predicted molar refractivity (Wildman–Crippen MR) is 74.8 cm³/mol. The number of carbonyl (C=O) groups excluding carboxylic acids is 1. The number of hydrogen-bond acceptors (Lipinski definition) is 2. The number of nitrogens with one attached hydrogen (secondary N) is 1. The zero-order valence-electron chi connectivity index (χ0n) is 12.6. The Morgan fingerprint density at radius 3 is 2.43 bits per heavy atom. The Kier molecular flexibility index (Phi) is 5.52. The molecule has 0 aromatic rings. The van der Waals surface area contributed by atoms with Crippen molar-refractivity contribution in [3.8, 4) is 0 Å². The monoisotopic (exact) mass is 306 g/mol. The van der Waals surface area contributed by atoms with Crippen molar-refractivity contribution in [2.45, 2.75) is 57.7 Å². The van der Waals surface area contributed by atoms with E-state index in [1.54, 1.807) is 4.90 Å². The van der Waals surface area contributed by atoms with Crippen molar-refractivity contribution in [3.05, 3.63) is 0 Å². The molecule has 21 heavy (non-hydrogen) atoms. The van der Waals surface area contributed by atoms with Crippen LogP contribution in [0.15, 0.2) is 0 Å². The van der Waals surface area contributed by atoms with Gasteiger partial charge in [-0.25, -0.2) is 0 Å². The third-order valence-corrected chi connectivity index (χ3v) is 4.67. The van der Waals surface area contributed by atoms with Gasteiger partial charge in [0.25, 0.3) is 0 Å². The van der Waals surface area contributed by atoms with Gasteiger partial charge in [-0.2, -0.15) is 13.2 Å². The van der Waals surface area contributed by atoms with E-state index >= 15 is 0 Å². The minimum Gasteiger partial charge on any atom is -0.341 e. The number of carbonyl (C=O) groups is 1. The first-order chi connectivity index (χ1) is 9.83. The van der Waals surface area contributed by atoms with Gasteiger partial charge in [0.15, 0.2) is 0 Å². The van der Waals surface area contributed by atoms with Crippen molar-refractivity contribution in [1.82, 2.24) is 10.2 Å². The van der Waals surface area contributed by atoms with E-state index in [-0.39, 0.29) is 18.5 Å². The number of likely N-dealkylation sites (tertiary alicyclic amines) is 1. The molecule has 2 rings (SSSR count). The molecule has 1 saturated carbocycles. The zero-order chi connectivity index (χ0) is 15.5. The van der Waals surface area contributed by atoms with Crippen molar-refractivity contribution in [2.75, 3.05) is 19.6 Å². The minimum atomic E-state index is -4.15. The fourth-order valence-electron chi connectivity index (χ4n) is 3.63. The van der Waals surface area contributed by atoms with Crippen molar-refractivity contribution >= 4 is 5.91 Å². The normalized spacial score (nSPS) is 28.1. The number of rotatable bonds is 4. The fraction of sp³-hybridized carbons (Fsp3) is 0.933. The topological polar surface area (TPSA) is 32.3 Å². The maximum Gasteiger partial charge on any atom is 0.389 e. The summed E-state index contributed by atoms with van der Waals surface area (Å²) in [6, 6.07) is -0.00407. The van der Waals surface area contributed by atoms with Gasteiger partial charge in [0.2, 0.25) is 5.91 Å². The molecule has 3 nitrogen and oxygen atoms in total. The average Bonchev–Trinajstić information content (AvgIpc) is 2.87. The molecule has 0 aromatic heterocycles. The summed E-state index contributed by atoms with van der Waals surface area (Å²) in [5.74, 6) is 0.0389. The highest BCUT2D eigenvalue weighted by atomic mass is 19.4. The number of piperidine rings is 1. The summed E-state index contributed by atoms with van der Waals surface area (Å²) in [6.07, 6.45) is 0.500. The Bertz CT molecular complexity index is 353. The van der Waals surface area contributed by atoms with Crippen LogP contribution in [0.1, 0.15) is 45.4 Å². The van der Waals surface area contributed by atoms with E-state index in [0.717, 1.165) is 6.54 Å². The Labute approximate surface area is 124 Å². The van der Waals surface area contributed by atoms with Crippen LogP contribution < -0.4 is 5.32 Å². The average molecular weight is 306 g/mol. The van der Waals surface area contributed by atoms with Gasteiger partial charge in [0.1, 0.15) is 0 Å². The third kappa shape index (κ3) is 5.49. The van der Waals surface area contributed by atoms with Crippen LogP contribution in [-0.2, 0) is 4.79 Å². The maximum atomic E-state index is 12.6. The van der Waals surface area contributed by atoms with Gasteiger partial charge in [-0.3, -0.25) is 4.79 Å². The summed E-state index contributed by atoms with van der Waals surface area (Å²) in [5.41, 5.74) is 0. The molecule has 2 atom stereocenters. The van der Waals surface area contributed by atoms with Gasteiger partial charge in [-0.1, -0.05) is 12.8 Å². The second-order valence-corrected chi connectivity index (χ2v) is 6.60. The molecule has 1 aliphatic heterocycles. The van der Waals surface area contributed by atoms with Crippen LogP contribution in [0, 0.1) is 11.8 Å².